The Hall–Kier alpha value is -1.23. The molecule has 18 heavy (non-hydrogen) atoms. The van der Waals surface area contributed by atoms with E-state index in [1.807, 2.05) is 36.2 Å². The zero-order valence-corrected chi connectivity index (χ0v) is 12.1. The summed E-state index contributed by atoms with van der Waals surface area (Å²) in [7, 11) is 1.79. The van der Waals surface area contributed by atoms with Crippen LogP contribution in [0, 0.1) is 0 Å². The van der Waals surface area contributed by atoms with E-state index >= 15 is 0 Å². The monoisotopic (exact) mass is 266 g/mol. The van der Waals surface area contributed by atoms with Crippen LogP contribution < -0.4 is 10.6 Å². The highest BCUT2D eigenvalue weighted by Gasteiger charge is 2.01. The van der Waals surface area contributed by atoms with E-state index in [9.17, 15) is 0 Å². The van der Waals surface area contributed by atoms with Crippen molar-refractivity contribution >= 4 is 17.7 Å². The maximum Gasteiger partial charge on any atom is 0.191 e. The molecule has 0 aliphatic rings. The lowest BCUT2D eigenvalue weighted by Gasteiger charge is -2.14. The predicted molar refractivity (Wildman–Crippen MR) is 80.3 cm³/mol. The van der Waals surface area contributed by atoms with Crippen LogP contribution in [0.3, 0.4) is 0 Å². The number of guanidine groups is 1. The van der Waals surface area contributed by atoms with Crippen molar-refractivity contribution in [3.63, 3.8) is 0 Å². The van der Waals surface area contributed by atoms with Gasteiger partial charge in [0.1, 0.15) is 0 Å². The summed E-state index contributed by atoms with van der Waals surface area (Å²) in [6.07, 6.45) is 4.84. The lowest BCUT2D eigenvalue weighted by Crippen LogP contribution is -2.40. The lowest BCUT2D eigenvalue weighted by atomic mass is 10.3. The first-order valence-electron chi connectivity index (χ1n) is 6.13. The van der Waals surface area contributed by atoms with E-state index in [4.69, 9.17) is 0 Å². The lowest BCUT2D eigenvalue weighted by molar-refractivity contribution is 0.774. The molecule has 0 saturated carbocycles. The molecule has 0 radical (unpaired) electrons. The molecule has 0 aromatic carbocycles. The molecule has 100 valence electrons. The topological polar surface area (TPSA) is 49.3 Å². The number of aromatic nitrogens is 1. The fourth-order valence-corrected chi connectivity index (χ4v) is 1.65. The van der Waals surface area contributed by atoms with Crippen LogP contribution in [0.2, 0.25) is 0 Å². The zero-order valence-electron chi connectivity index (χ0n) is 11.3. The minimum absolute atomic E-state index is 0.583. The van der Waals surface area contributed by atoms with Crippen LogP contribution in [0.5, 0.6) is 0 Å². The van der Waals surface area contributed by atoms with Gasteiger partial charge in [-0.25, -0.2) is 0 Å². The Morgan fingerprint density at radius 2 is 2.28 bits per heavy atom. The average Bonchev–Trinajstić information content (AvgIpc) is 2.43. The summed E-state index contributed by atoms with van der Waals surface area (Å²) in [4.78, 5) is 8.48. The molecule has 1 rings (SSSR count). The van der Waals surface area contributed by atoms with Gasteiger partial charge in [-0.05, 0) is 18.4 Å². The molecule has 1 heterocycles. The van der Waals surface area contributed by atoms with Gasteiger partial charge in [-0.15, -0.1) is 0 Å². The van der Waals surface area contributed by atoms with E-state index in [1.54, 1.807) is 7.05 Å². The molecule has 0 fully saturated rings. The minimum Gasteiger partial charge on any atom is -0.356 e. The van der Waals surface area contributed by atoms with E-state index in [0.717, 1.165) is 31.2 Å². The van der Waals surface area contributed by atoms with E-state index in [0.29, 0.717) is 5.25 Å². The second kappa shape index (κ2) is 8.80. The zero-order chi connectivity index (χ0) is 13.2. The molecule has 5 heteroatoms. The second-order valence-electron chi connectivity index (χ2n) is 4.00. The minimum atomic E-state index is 0.583. The summed E-state index contributed by atoms with van der Waals surface area (Å²) in [5.74, 6) is 0.854. The smallest absolute Gasteiger partial charge is 0.191 e. The second-order valence-corrected chi connectivity index (χ2v) is 5.27. The third kappa shape index (κ3) is 5.91. The Morgan fingerprint density at radius 3 is 2.89 bits per heavy atom. The van der Waals surface area contributed by atoms with Gasteiger partial charge in [0.25, 0.3) is 0 Å². The predicted octanol–water partition coefficient (Wildman–Crippen LogP) is 1.54. The molecule has 2 N–H and O–H groups in total. The number of nitrogens with zero attached hydrogens (tertiary/aromatic N) is 2. The van der Waals surface area contributed by atoms with E-state index < -0.39 is 0 Å². The highest BCUT2D eigenvalue weighted by atomic mass is 32.2. The summed E-state index contributed by atoms with van der Waals surface area (Å²) < 4.78 is 0. The summed E-state index contributed by atoms with van der Waals surface area (Å²) in [5.41, 5.74) is 1.10. The number of hydrogen-bond donors (Lipinski definition) is 2. The van der Waals surface area contributed by atoms with Crippen LogP contribution in [0.1, 0.15) is 12.6 Å². The molecule has 1 aromatic heterocycles. The van der Waals surface area contributed by atoms with E-state index in [2.05, 4.69) is 33.8 Å². The molecule has 0 aliphatic heterocycles. The summed E-state index contributed by atoms with van der Waals surface area (Å²) in [6, 6.07) is 5.98. The maximum absolute atomic E-state index is 4.29. The third-order valence-electron chi connectivity index (χ3n) is 2.58. The van der Waals surface area contributed by atoms with E-state index in [-0.39, 0.29) is 0 Å². The first-order chi connectivity index (χ1) is 8.76. The highest BCUT2D eigenvalue weighted by Crippen LogP contribution is 2.02. The van der Waals surface area contributed by atoms with Crippen LogP contribution in [-0.4, -0.2) is 42.6 Å². The molecule has 0 bridgehead atoms. The van der Waals surface area contributed by atoms with Crippen LogP contribution in [0.25, 0.3) is 0 Å². The molecular formula is C13H22N4S. The molecule has 1 atom stereocenters. The van der Waals surface area contributed by atoms with Gasteiger partial charge in [0, 0.05) is 43.7 Å². The Kier molecular flexibility index (Phi) is 7.25. The molecular weight excluding hydrogens is 244 g/mol. The van der Waals surface area contributed by atoms with Gasteiger partial charge in [-0.1, -0.05) is 13.0 Å². The number of nitrogens with one attached hydrogen (secondary N) is 2. The van der Waals surface area contributed by atoms with Gasteiger partial charge >= 0.3 is 0 Å². The number of hydrogen-bond acceptors (Lipinski definition) is 3. The van der Waals surface area contributed by atoms with Crippen LogP contribution >= 0.6 is 11.8 Å². The van der Waals surface area contributed by atoms with Crippen LogP contribution in [0.4, 0.5) is 0 Å². The Bertz CT molecular complexity index is 353. The van der Waals surface area contributed by atoms with Gasteiger partial charge in [0.05, 0.1) is 0 Å². The normalized spacial score (nSPS) is 13.2. The van der Waals surface area contributed by atoms with Crippen molar-refractivity contribution in [2.24, 2.45) is 4.99 Å². The molecule has 1 aromatic rings. The number of rotatable bonds is 6. The number of pyridine rings is 1. The van der Waals surface area contributed by atoms with Crippen molar-refractivity contribution in [2.45, 2.75) is 18.6 Å². The fourth-order valence-electron chi connectivity index (χ4n) is 1.40. The largest absolute Gasteiger partial charge is 0.356 e. The summed E-state index contributed by atoms with van der Waals surface area (Å²) in [6.45, 7) is 3.95. The van der Waals surface area contributed by atoms with Crippen molar-refractivity contribution in [3.05, 3.63) is 30.1 Å². The molecule has 0 amide bonds. The molecule has 0 saturated heterocycles. The van der Waals surface area contributed by atoms with Crippen molar-refractivity contribution in [3.8, 4) is 0 Å². The van der Waals surface area contributed by atoms with Crippen LogP contribution in [0.15, 0.2) is 29.4 Å². The van der Waals surface area contributed by atoms with E-state index in [1.165, 1.54) is 0 Å². The molecule has 0 aliphatic carbocycles. The molecule has 4 nitrogen and oxygen atoms in total. The van der Waals surface area contributed by atoms with Crippen molar-refractivity contribution in [2.75, 3.05) is 26.4 Å². The molecule has 1 unspecified atom stereocenters. The third-order valence-corrected chi connectivity index (χ3v) is 3.55. The Balaban J connectivity index is 2.24. The number of aliphatic imine (C=N–C) groups is 1. The quantitative estimate of drug-likeness (QED) is 0.606. The Labute approximate surface area is 114 Å². The molecule has 0 spiro atoms. The van der Waals surface area contributed by atoms with Gasteiger partial charge in [0.2, 0.25) is 0 Å². The number of thioether (sulfide) groups is 1. The summed E-state index contributed by atoms with van der Waals surface area (Å²) in [5, 5.41) is 7.17. The fraction of sp³-hybridized carbons (Fsp3) is 0.538. The van der Waals surface area contributed by atoms with Gasteiger partial charge in [0.15, 0.2) is 5.96 Å². The Morgan fingerprint density at radius 1 is 1.44 bits per heavy atom. The highest BCUT2D eigenvalue weighted by molar-refractivity contribution is 7.99. The first kappa shape index (κ1) is 14.8. The van der Waals surface area contributed by atoms with Gasteiger partial charge in [-0.2, -0.15) is 11.8 Å². The van der Waals surface area contributed by atoms with Gasteiger partial charge < -0.3 is 10.6 Å². The van der Waals surface area contributed by atoms with Crippen LogP contribution in [-0.2, 0) is 6.42 Å². The maximum atomic E-state index is 4.29. The average molecular weight is 266 g/mol. The standard InChI is InChI=1S/C13H22N4S/c1-11(18-3)10-17-13(14-2)16-9-7-12-6-4-5-8-15-12/h4-6,8,11H,7,9-10H2,1-3H3,(H2,14,16,17). The van der Waals surface area contributed by atoms with Crippen molar-refractivity contribution in [1.82, 2.24) is 15.6 Å². The van der Waals surface area contributed by atoms with Gasteiger partial charge in [-0.3, -0.25) is 9.98 Å². The first-order valence-corrected chi connectivity index (χ1v) is 7.42. The van der Waals surface area contributed by atoms with Crippen molar-refractivity contribution < 1.29 is 0 Å². The summed E-state index contributed by atoms with van der Waals surface area (Å²) >= 11 is 1.84. The van der Waals surface area contributed by atoms with Crippen molar-refractivity contribution in [1.29, 1.82) is 0 Å². The SMILES string of the molecule is CN=C(NCCc1ccccn1)NCC(C)SC.